The molecule has 0 spiro atoms. The van der Waals surface area contributed by atoms with Crippen molar-refractivity contribution in [2.45, 2.75) is 136 Å². The van der Waals surface area contributed by atoms with E-state index < -0.39 is 0 Å². The van der Waals surface area contributed by atoms with E-state index in [1.165, 1.54) is 110 Å². The summed E-state index contributed by atoms with van der Waals surface area (Å²) in [6.07, 6.45) is 29.0. The van der Waals surface area contributed by atoms with E-state index in [1.807, 2.05) is 0 Å². The zero-order valence-corrected chi connectivity index (χ0v) is 26.5. The Morgan fingerprint density at radius 2 is 1.24 bits per heavy atom. The molecule has 0 aliphatic carbocycles. The first-order chi connectivity index (χ1) is 20.2. The van der Waals surface area contributed by atoms with Gasteiger partial charge in [-0.1, -0.05) is 121 Å². The second-order valence-electron chi connectivity index (χ2n) is 11.9. The van der Waals surface area contributed by atoms with Crippen LogP contribution in [0.15, 0.2) is 72.3 Å². The van der Waals surface area contributed by atoms with Crippen LogP contribution >= 0.6 is 0 Å². The van der Waals surface area contributed by atoms with Crippen molar-refractivity contribution in [2.75, 3.05) is 0 Å². The third-order valence-corrected chi connectivity index (χ3v) is 8.40. The molecule has 1 heterocycles. The van der Waals surface area contributed by atoms with Crippen molar-refractivity contribution in [3.63, 3.8) is 0 Å². The van der Waals surface area contributed by atoms with Gasteiger partial charge in [0.2, 0.25) is 11.4 Å². The Morgan fingerprint density at radius 1 is 0.610 bits per heavy atom. The van der Waals surface area contributed by atoms with E-state index >= 15 is 0 Å². The van der Waals surface area contributed by atoms with Gasteiger partial charge in [-0.05, 0) is 87.1 Å². The molecule has 0 unspecified atom stereocenters. The summed E-state index contributed by atoms with van der Waals surface area (Å²) in [5.74, 6) is 0. The molecule has 41 heavy (non-hydrogen) atoms. The van der Waals surface area contributed by atoms with Crippen LogP contribution in [-0.4, -0.2) is 4.70 Å². The van der Waals surface area contributed by atoms with Gasteiger partial charge in [-0.2, -0.15) is 0 Å². The predicted molar refractivity (Wildman–Crippen MR) is 179 cm³/mol. The first-order valence-electron chi connectivity index (χ1n) is 17.0. The minimum Gasteiger partial charge on any atom is -0.493 e. The van der Waals surface area contributed by atoms with E-state index in [-0.39, 0.29) is 0 Å². The number of unbranched alkanes of at least 4 members (excludes halogenated alkanes) is 11. The standard InChI is InChI=1S/C39H56N2/c1-4-7-10-12-14-15-16-18-19-24-34-25-21-22-27-37(34)39-36(26-20-17-13-11-8-5-2)32-38(41(39)40)35-30-28-33(29-31-35)23-9-6-3/h15-16,21-22,25,27-32H,4-14,17-20,23-24,26H2,1-3H3. The number of benzene rings is 2. The Morgan fingerprint density at radius 3 is 1.98 bits per heavy atom. The molecule has 0 atom stereocenters. The van der Waals surface area contributed by atoms with Crippen LogP contribution in [0.25, 0.3) is 16.9 Å². The van der Waals surface area contributed by atoms with Gasteiger partial charge < -0.3 is 5.53 Å². The van der Waals surface area contributed by atoms with Crippen LogP contribution in [0.2, 0.25) is 0 Å². The lowest BCUT2D eigenvalue weighted by atomic mass is 9.95. The maximum absolute atomic E-state index is 11.7. The highest BCUT2D eigenvalue weighted by atomic mass is 15.2. The maximum Gasteiger partial charge on any atom is 0.211 e. The van der Waals surface area contributed by atoms with Crippen LogP contribution in [0.5, 0.6) is 0 Å². The summed E-state index contributed by atoms with van der Waals surface area (Å²) >= 11 is 0. The number of rotatable bonds is 21. The van der Waals surface area contributed by atoms with Crippen LogP contribution in [0.3, 0.4) is 0 Å². The molecular weight excluding hydrogens is 496 g/mol. The number of aryl methyl sites for hydroxylation is 2. The molecule has 0 fully saturated rings. The van der Waals surface area contributed by atoms with Gasteiger partial charge in [-0.25, -0.2) is 4.70 Å². The molecule has 3 rings (SSSR count). The van der Waals surface area contributed by atoms with E-state index in [0.717, 1.165) is 49.1 Å². The zero-order valence-electron chi connectivity index (χ0n) is 26.5. The average Bonchev–Trinajstić information content (AvgIpc) is 3.32. The molecule has 2 aromatic rings. The van der Waals surface area contributed by atoms with Crippen LogP contribution in [0.1, 0.15) is 146 Å². The number of hydrogen-bond acceptors (Lipinski definition) is 0. The van der Waals surface area contributed by atoms with E-state index in [2.05, 4.69) is 87.5 Å². The van der Waals surface area contributed by atoms with Crippen LogP contribution < -0.4 is 0 Å². The van der Waals surface area contributed by atoms with Crippen molar-refractivity contribution in [3.8, 4) is 0 Å². The number of nitrogens with zero attached hydrogens (tertiary/aromatic N) is 2. The topological polar surface area (TPSA) is 25.3 Å². The second kappa shape index (κ2) is 19.4. The number of hydrogen-bond donors (Lipinski definition) is 0. The molecule has 0 bridgehead atoms. The molecule has 0 saturated heterocycles. The largest absolute Gasteiger partial charge is 0.493 e. The fourth-order valence-electron chi connectivity index (χ4n) is 5.86. The summed E-state index contributed by atoms with van der Waals surface area (Å²) in [4.78, 5) is 0. The quantitative estimate of drug-likeness (QED) is 0.0836. The highest BCUT2D eigenvalue weighted by Crippen LogP contribution is 2.39. The fraction of sp³-hybridized carbons (Fsp3) is 0.538. The fourth-order valence-corrected chi connectivity index (χ4v) is 5.86. The third kappa shape index (κ3) is 10.9. The molecule has 2 aromatic carbocycles. The maximum atomic E-state index is 11.7. The summed E-state index contributed by atoms with van der Waals surface area (Å²) in [7, 11) is 0. The van der Waals surface area contributed by atoms with Gasteiger partial charge >= 0.3 is 0 Å². The Hall–Kier alpha value is -2.74. The van der Waals surface area contributed by atoms with E-state index in [0.29, 0.717) is 0 Å². The SMILES string of the molecule is CCCCCCC=CCCCc1ccccc1C1=C(CCCCCCCC)C=C(c2ccc(CCCC)cc2)[N+]1=[N-]. The average molecular weight is 553 g/mol. The van der Waals surface area contributed by atoms with Crippen LogP contribution in [-0.2, 0) is 12.8 Å². The highest BCUT2D eigenvalue weighted by molar-refractivity contribution is 5.79. The zero-order chi connectivity index (χ0) is 29.1. The molecular formula is C39H56N2. The van der Waals surface area contributed by atoms with E-state index in [9.17, 15) is 5.53 Å². The number of allylic oxidation sites excluding steroid dienone is 4. The lowest BCUT2D eigenvalue weighted by Crippen LogP contribution is -2.05. The van der Waals surface area contributed by atoms with Crippen molar-refractivity contribution < 1.29 is 4.70 Å². The first kappa shape index (κ1) is 32.8. The summed E-state index contributed by atoms with van der Waals surface area (Å²) in [5.41, 5.74) is 19.8. The van der Waals surface area contributed by atoms with E-state index in [1.54, 1.807) is 0 Å². The summed E-state index contributed by atoms with van der Waals surface area (Å²) in [6.45, 7) is 6.78. The molecule has 1 aliphatic heterocycles. The summed E-state index contributed by atoms with van der Waals surface area (Å²) in [6, 6.07) is 17.6. The first-order valence-corrected chi connectivity index (χ1v) is 17.0. The van der Waals surface area contributed by atoms with Crippen molar-refractivity contribution in [3.05, 3.63) is 100 Å². The lowest BCUT2D eigenvalue weighted by molar-refractivity contribution is -0.344. The Kier molecular flexibility index (Phi) is 15.5. The predicted octanol–water partition coefficient (Wildman–Crippen LogP) is 12.4. The normalized spacial score (nSPS) is 13.5. The van der Waals surface area contributed by atoms with Gasteiger partial charge in [0, 0.05) is 22.8 Å². The van der Waals surface area contributed by atoms with Crippen LogP contribution in [0, 0.1) is 0 Å². The van der Waals surface area contributed by atoms with Gasteiger partial charge in [0.1, 0.15) is 0 Å². The van der Waals surface area contributed by atoms with Gasteiger partial charge in [-0.15, -0.1) is 0 Å². The summed E-state index contributed by atoms with van der Waals surface area (Å²) < 4.78 is 1.49. The summed E-state index contributed by atoms with van der Waals surface area (Å²) in [5, 5.41) is 0. The van der Waals surface area contributed by atoms with Crippen molar-refractivity contribution in [1.29, 1.82) is 0 Å². The molecule has 2 nitrogen and oxygen atoms in total. The minimum absolute atomic E-state index is 0.906. The van der Waals surface area contributed by atoms with Gasteiger partial charge in [-0.3, -0.25) is 0 Å². The second-order valence-corrected chi connectivity index (χ2v) is 11.9. The molecule has 0 aromatic heterocycles. The molecule has 222 valence electrons. The molecule has 0 saturated carbocycles. The Balaban J connectivity index is 1.73. The smallest absolute Gasteiger partial charge is 0.211 e. The Bertz CT molecular complexity index is 1130. The minimum atomic E-state index is 0.906. The molecule has 0 amide bonds. The lowest BCUT2D eigenvalue weighted by Gasteiger charge is -2.13. The van der Waals surface area contributed by atoms with Crippen molar-refractivity contribution in [2.24, 2.45) is 0 Å². The Labute approximate surface area is 252 Å². The highest BCUT2D eigenvalue weighted by Gasteiger charge is 2.29. The van der Waals surface area contributed by atoms with Gasteiger partial charge in [0.05, 0.1) is 0 Å². The van der Waals surface area contributed by atoms with E-state index in [4.69, 9.17) is 0 Å². The van der Waals surface area contributed by atoms with Crippen molar-refractivity contribution in [1.82, 2.24) is 0 Å². The molecule has 0 radical (unpaired) electrons. The molecule has 0 N–H and O–H groups in total. The van der Waals surface area contributed by atoms with Crippen molar-refractivity contribution >= 4 is 11.4 Å². The monoisotopic (exact) mass is 552 g/mol. The third-order valence-electron chi connectivity index (χ3n) is 8.40. The van der Waals surface area contributed by atoms with Crippen LogP contribution in [0.4, 0.5) is 0 Å². The molecule has 1 aliphatic rings. The molecule has 2 heteroatoms. The van der Waals surface area contributed by atoms with Gasteiger partial charge in [0.15, 0.2) is 0 Å². The van der Waals surface area contributed by atoms with Gasteiger partial charge in [0.25, 0.3) is 0 Å².